The number of hydrogen-bond donors (Lipinski definition) is 0. The van der Waals surface area contributed by atoms with Crippen LogP contribution in [0.2, 0.25) is 0 Å². The van der Waals surface area contributed by atoms with E-state index in [9.17, 15) is 0 Å². The summed E-state index contributed by atoms with van der Waals surface area (Å²) in [6.45, 7) is 10.5. The van der Waals surface area contributed by atoms with E-state index in [4.69, 9.17) is 0 Å². The van der Waals surface area contributed by atoms with Gasteiger partial charge in [-0.25, -0.2) is 0 Å². The van der Waals surface area contributed by atoms with Gasteiger partial charge in [-0.3, -0.25) is 0 Å². The minimum atomic E-state index is 0.617. The summed E-state index contributed by atoms with van der Waals surface area (Å²) in [4.78, 5) is 0. The van der Waals surface area contributed by atoms with Crippen molar-refractivity contribution in [3.05, 3.63) is 33.8 Å². The Balaban J connectivity index is 0.000000671. The Morgan fingerprint density at radius 1 is 1.08 bits per heavy atom. The van der Waals surface area contributed by atoms with Crippen molar-refractivity contribution in [2.24, 2.45) is 0 Å². The molecule has 0 aliphatic rings. The fourth-order valence-electron chi connectivity index (χ4n) is 1.10. The predicted octanol–water partition coefficient (Wildman–Crippen LogP) is 4.91. The smallest absolute Gasteiger partial charge is 0.0180 e. The molecule has 0 radical (unpaired) electrons. The van der Waals surface area contributed by atoms with Crippen LogP contribution < -0.4 is 0 Å². The van der Waals surface area contributed by atoms with Crippen molar-refractivity contribution < 1.29 is 0 Å². The number of hydrogen-bond acceptors (Lipinski definition) is 0. The second kappa shape index (κ2) is 6.20. The topological polar surface area (TPSA) is 0 Å². The minimum Gasteiger partial charge on any atom is -0.0683 e. The Kier molecular flexibility index (Phi) is 6.06. The first kappa shape index (κ1) is 12.7. The lowest BCUT2D eigenvalue weighted by Crippen LogP contribution is -1.87. The highest BCUT2D eigenvalue weighted by molar-refractivity contribution is 9.10. The molecule has 0 aromatic heterocycles. The maximum Gasteiger partial charge on any atom is 0.0180 e. The van der Waals surface area contributed by atoms with E-state index in [1.165, 1.54) is 15.6 Å². The van der Waals surface area contributed by atoms with Crippen LogP contribution in [0.3, 0.4) is 0 Å². The summed E-state index contributed by atoms with van der Waals surface area (Å²) in [6, 6.07) is 6.54. The zero-order chi connectivity index (χ0) is 10.4. The van der Waals surface area contributed by atoms with E-state index in [1.54, 1.807) is 0 Å². The van der Waals surface area contributed by atoms with E-state index < -0.39 is 0 Å². The molecule has 0 amide bonds. The van der Waals surface area contributed by atoms with Gasteiger partial charge >= 0.3 is 0 Å². The molecule has 0 aliphatic carbocycles. The van der Waals surface area contributed by atoms with E-state index in [1.807, 2.05) is 13.8 Å². The van der Waals surface area contributed by atoms with E-state index >= 15 is 0 Å². The fourth-order valence-corrected chi connectivity index (χ4v) is 1.72. The monoisotopic (exact) mass is 242 g/mol. The molecule has 1 aromatic rings. The van der Waals surface area contributed by atoms with Crippen molar-refractivity contribution in [2.45, 2.75) is 40.5 Å². The highest BCUT2D eigenvalue weighted by Crippen LogP contribution is 2.21. The molecular formula is C12H19Br. The number of rotatable bonds is 1. The maximum atomic E-state index is 3.48. The summed E-state index contributed by atoms with van der Waals surface area (Å²) in [5.41, 5.74) is 2.72. The van der Waals surface area contributed by atoms with Gasteiger partial charge in [-0.2, -0.15) is 0 Å². The van der Waals surface area contributed by atoms with Gasteiger partial charge in [0.15, 0.2) is 0 Å². The molecule has 0 N–H and O–H groups in total. The number of benzene rings is 1. The van der Waals surface area contributed by atoms with Crippen LogP contribution in [0.5, 0.6) is 0 Å². The normalized spacial score (nSPS) is 9.46. The third-order valence-electron chi connectivity index (χ3n) is 1.73. The van der Waals surface area contributed by atoms with Crippen LogP contribution in [-0.4, -0.2) is 0 Å². The molecule has 1 aromatic carbocycles. The lowest BCUT2D eigenvalue weighted by atomic mass is 10.0. The summed E-state index contributed by atoms with van der Waals surface area (Å²) in [6.07, 6.45) is 0. The Bertz CT molecular complexity index is 231. The van der Waals surface area contributed by atoms with Crippen LogP contribution in [-0.2, 0) is 0 Å². The molecule has 0 fully saturated rings. The Hall–Kier alpha value is -0.300. The molecule has 0 atom stereocenters. The summed E-state index contributed by atoms with van der Waals surface area (Å²) in [7, 11) is 0. The van der Waals surface area contributed by atoms with Gasteiger partial charge in [-0.1, -0.05) is 49.7 Å². The summed E-state index contributed by atoms with van der Waals surface area (Å²) < 4.78 is 1.18. The van der Waals surface area contributed by atoms with Crippen molar-refractivity contribution in [2.75, 3.05) is 0 Å². The molecule has 0 heterocycles. The molecule has 0 unspecified atom stereocenters. The Labute approximate surface area is 90.5 Å². The molecule has 1 heteroatoms. The van der Waals surface area contributed by atoms with Crippen molar-refractivity contribution in [1.29, 1.82) is 0 Å². The van der Waals surface area contributed by atoms with E-state index in [2.05, 4.69) is 54.9 Å². The van der Waals surface area contributed by atoms with Gasteiger partial charge in [0.05, 0.1) is 0 Å². The molecular weight excluding hydrogens is 224 g/mol. The van der Waals surface area contributed by atoms with Gasteiger partial charge in [-0.15, -0.1) is 0 Å². The van der Waals surface area contributed by atoms with Crippen molar-refractivity contribution >= 4 is 15.9 Å². The van der Waals surface area contributed by atoms with E-state index in [0.717, 1.165) is 0 Å². The largest absolute Gasteiger partial charge is 0.0683 e. The molecule has 13 heavy (non-hydrogen) atoms. The number of halogens is 1. The standard InChI is InChI=1S/C10H13Br.C2H6/c1-7(2)9-4-8(3)5-10(11)6-9;1-2/h4-7H,1-3H3;1-2H3. The maximum absolute atomic E-state index is 3.48. The zero-order valence-corrected chi connectivity index (χ0v) is 10.8. The lowest BCUT2D eigenvalue weighted by molar-refractivity contribution is 0.864. The minimum absolute atomic E-state index is 0.617. The third kappa shape index (κ3) is 4.47. The molecule has 74 valence electrons. The van der Waals surface area contributed by atoms with Gasteiger partial charge in [-0.05, 0) is 36.1 Å². The highest BCUT2D eigenvalue weighted by Gasteiger charge is 1.99. The summed E-state index contributed by atoms with van der Waals surface area (Å²) >= 11 is 3.48. The van der Waals surface area contributed by atoms with Crippen molar-refractivity contribution in [1.82, 2.24) is 0 Å². The lowest BCUT2D eigenvalue weighted by Gasteiger charge is -2.06. The first-order valence-corrected chi connectivity index (χ1v) is 5.66. The van der Waals surface area contributed by atoms with Crippen LogP contribution in [0.1, 0.15) is 44.7 Å². The molecule has 0 spiro atoms. The molecule has 0 bridgehead atoms. The van der Waals surface area contributed by atoms with Crippen LogP contribution >= 0.6 is 15.9 Å². The fraction of sp³-hybridized carbons (Fsp3) is 0.500. The summed E-state index contributed by atoms with van der Waals surface area (Å²) in [5, 5.41) is 0. The zero-order valence-electron chi connectivity index (χ0n) is 9.19. The molecule has 0 nitrogen and oxygen atoms in total. The second-order valence-corrected chi connectivity index (χ2v) is 4.13. The van der Waals surface area contributed by atoms with Crippen LogP contribution in [0.25, 0.3) is 0 Å². The molecule has 0 saturated heterocycles. The second-order valence-electron chi connectivity index (χ2n) is 3.22. The quantitative estimate of drug-likeness (QED) is 0.657. The van der Waals surface area contributed by atoms with E-state index in [-0.39, 0.29) is 0 Å². The van der Waals surface area contributed by atoms with Crippen LogP contribution in [0.15, 0.2) is 22.7 Å². The van der Waals surface area contributed by atoms with Crippen molar-refractivity contribution in [3.8, 4) is 0 Å². The van der Waals surface area contributed by atoms with Gasteiger partial charge in [0, 0.05) is 4.47 Å². The van der Waals surface area contributed by atoms with Gasteiger partial charge in [0.25, 0.3) is 0 Å². The van der Waals surface area contributed by atoms with Crippen molar-refractivity contribution in [3.63, 3.8) is 0 Å². The van der Waals surface area contributed by atoms with Gasteiger partial charge in [0.1, 0.15) is 0 Å². The van der Waals surface area contributed by atoms with Crippen LogP contribution in [0, 0.1) is 6.92 Å². The Morgan fingerprint density at radius 3 is 2.00 bits per heavy atom. The molecule has 0 saturated carbocycles. The predicted molar refractivity (Wildman–Crippen MR) is 64.3 cm³/mol. The molecule has 0 aliphatic heterocycles. The SMILES string of the molecule is CC.Cc1cc(Br)cc(C(C)C)c1. The van der Waals surface area contributed by atoms with E-state index in [0.29, 0.717) is 5.92 Å². The highest BCUT2D eigenvalue weighted by atomic mass is 79.9. The number of aryl methyl sites for hydroxylation is 1. The first-order valence-electron chi connectivity index (χ1n) is 4.86. The summed E-state index contributed by atoms with van der Waals surface area (Å²) in [5.74, 6) is 0.617. The van der Waals surface area contributed by atoms with Gasteiger partial charge in [0.2, 0.25) is 0 Å². The van der Waals surface area contributed by atoms with Gasteiger partial charge < -0.3 is 0 Å². The average molecular weight is 243 g/mol. The third-order valence-corrected chi connectivity index (χ3v) is 2.19. The molecule has 1 rings (SSSR count). The Morgan fingerprint density at radius 2 is 1.62 bits per heavy atom. The van der Waals surface area contributed by atoms with Crippen LogP contribution in [0.4, 0.5) is 0 Å². The first-order chi connectivity index (χ1) is 6.09. The average Bonchev–Trinajstić information content (AvgIpc) is 2.06.